The molecule has 16 heavy (non-hydrogen) atoms. The lowest BCUT2D eigenvalue weighted by atomic mass is 10.2. The molecule has 1 saturated carbocycles. The lowest BCUT2D eigenvalue weighted by Gasteiger charge is -2.00. The van der Waals surface area contributed by atoms with E-state index < -0.39 is 5.97 Å². The lowest BCUT2D eigenvalue weighted by molar-refractivity contribution is 0.0699. The fourth-order valence-corrected chi connectivity index (χ4v) is 2.07. The number of fused-ring (bicyclic) bond motifs is 1. The molecule has 1 aliphatic carbocycles. The molecule has 0 aliphatic heterocycles. The van der Waals surface area contributed by atoms with Gasteiger partial charge in [-0.1, -0.05) is 11.6 Å². The summed E-state index contributed by atoms with van der Waals surface area (Å²) >= 11 is 5.84. The number of carboxylic acid groups (broad SMARTS) is 1. The molecule has 0 unspecified atom stereocenters. The van der Waals surface area contributed by atoms with Crippen LogP contribution in [-0.4, -0.2) is 20.6 Å². The summed E-state index contributed by atoms with van der Waals surface area (Å²) in [5, 5.41) is 10.2. The van der Waals surface area contributed by atoms with Gasteiger partial charge in [-0.25, -0.2) is 9.78 Å². The van der Waals surface area contributed by atoms with Gasteiger partial charge in [0.05, 0.1) is 10.6 Å². The molecule has 0 aromatic carbocycles. The zero-order valence-corrected chi connectivity index (χ0v) is 9.11. The summed E-state index contributed by atoms with van der Waals surface area (Å²) in [7, 11) is 0. The zero-order valence-electron chi connectivity index (χ0n) is 8.35. The first-order valence-electron chi connectivity index (χ1n) is 5.06. The molecule has 2 aromatic heterocycles. The van der Waals surface area contributed by atoms with Gasteiger partial charge >= 0.3 is 5.97 Å². The van der Waals surface area contributed by atoms with Crippen molar-refractivity contribution in [3.63, 3.8) is 0 Å². The number of aromatic carboxylic acids is 1. The number of hydrogen-bond acceptors (Lipinski definition) is 2. The molecule has 1 fully saturated rings. The zero-order chi connectivity index (χ0) is 11.3. The van der Waals surface area contributed by atoms with Crippen molar-refractivity contribution in [1.82, 2.24) is 9.55 Å². The smallest absolute Gasteiger partial charge is 0.337 e. The monoisotopic (exact) mass is 236 g/mol. The molecule has 0 bridgehead atoms. The molecule has 82 valence electrons. The van der Waals surface area contributed by atoms with Crippen LogP contribution in [0.25, 0.3) is 11.0 Å². The molecule has 2 aromatic rings. The first-order chi connectivity index (χ1) is 7.66. The highest BCUT2D eigenvalue weighted by molar-refractivity contribution is 6.31. The van der Waals surface area contributed by atoms with Gasteiger partial charge in [0.2, 0.25) is 0 Å². The maximum Gasteiger partial charge on any atom is 0.337 e. The number of hydrogen-bond donors (Lipinski definition) is 1. The highest BCUT2D eigenvalue weighted by atomic mass is 35.5. The van der Waals surface area contributed by atoms with Crippen LogP contribution in [0.4, 0.5) is 0 Å². The number of pyridine rings is 1. The summed E-state index contributed by atoms with van der Waals surface area (Å²) in [5.74, 6) is -0.937. The molecule has 2 heterocycles. The van der Waals surface area contributed by atoms with Crippen LogP contribution >= 0.6 is 11.6 Å². The van der Waals surface area contributed by atoms with Crippen LogP contribution in [0.3, 0.4) is 0 Å². The molecule has 0 radical (unpaired) electrons. The van der Waals surface area contributed by atoms with E-state index in [0.29, 0.717) is 22.1 Å². The quantitative estimate of drug-likeness (QED) is 0.872. The third-order valence-corrected chi connectivity index (χ3v) is 3.01. The Morgan fingerprint density at radius 3 is 2.94 bits per heavy atom. The number of carbonyl (C=O) groups is 1. The Balaban J connectivity index is 2.32. The SMILES string of the molecule is O=C(O)c1cn(C2CC2)c2ncc(Cl)cc12. The van der Waals surface area contributed by atoms with Gasteiger partial charge in [-0.2, -0.15) is 0 Å². The molecular weight excluding hydrogens is 228 g/mol. The number of rotatable bonds is 2. The van der Waals surface area contributed by atoms with E-state index >= 15 is 0 Å². The molecule has 0 amide bonds. The second-order valence-electron chi connectivity index (χ2n) is 4.01. The van der Waals surface area contributed by atoms with Gasteiger partial charge < -0.3 is 9.67 Å². The van der Waals surface area contributed by atoms with Crippen molar-refractivity contribution in [2.24, 2.45) is 0 Å². The highest BCUT2D eigenvalue weighted by Gasteiger charge is 2.27. The van der Waals surface area contributed by atoms with Gasteiger partial charge in [0.1, 0.15) is 5.65 Å². The van der Waals surface area contributed by atoms with Crippen LogP contribution in [0, 0.1) is 0 Å². The van der Waals surface area contributed by atoms with Gasteiger partial charge in [-0.15, -0.1) is 0 Å². The highest BCUT2D eigenvalue weighted by Crippen LogP contribution is 2.38. The van der Waals surface area contributed by atoms with Crippen LogP contribution < -0.4 is 0 Å². The van der Waals surface area contributed by atoms with Gasteiger partial charge in [-0.05, 0) is 18.9 Å². The van der Waals surface area contributed by atoms with Crippen molar-refractivity contribution in [2.45, 2.75) is 18.9 Å². The van der Waals surface area contributed by atoms with Crippen LogP contribution in [-0.2, 0) is 0 Å². The molecule has 1 N–H and O–H groups in total. The molecule has 0 saturated heterocycles. The van der Waals surface area contributed by atoms with E-state index in [9.17, 15) is 4.79 Å². The lowest BCUT2D eigenvalue weighted by Crippen LogP contribution is -1.94. The van der Waals surface area contributed by atoms with E-state index in [-0.39, 0.29) is 5.56 Å². The summed E-state index contributed by atoms with van der Waals surface area (Å²) in [6.45, 7) is 0. The van der Waals surface area contributed by atoms with E-state index in [4.69, 9.17) is 16.7 Å². The fourth-order valence-electron chi connectivity index (χ4n) is 1.91. The van der Waals surface area contributed by atoms with E-state index in [0.717, 1.165) is 12.8 Å². The van der Waals surface area contributed by atoms with E-state index in [1.165, 1.54) is 0 Å². The van der Waals surface area contributed by atoms with Crippen LogP contribution in [0.5, 0.6) is 0 Å². The maximum atomic E-state index is 11.1. The van der Waals surface area contributed by atoms with Crippen molar-refractivity contribution in [3.05, 3.63) is 29.0 Å². The largest absolute Gasteiger partial charge is 0.478 e. The average Bonchev–Trinajstić information content (AvgIpc) is 2.99. The van der Waals surface area contributed by atoms with Gasteiger partial charge in [0.15, 0.2) is 0 Å². The van der Waals surface area contributed by atoms with Crippen molar-refractivity contribution in [3.8, 4) is 0 Å². The van der Waals surface area contributed by atoms with E-state index in [1.807, 2.05) is 4.57 Å². The number of halogens is 1. The van der Waals surface area contributed by atoms with Crippen molar-refractivity contribution >= 4 is 28.6 Å². The molecule has 3 rings (SSSR count). The Kier molecular flexibility index (Phi) is 1.94. The standard InChI is InChI=1S/C11H9ClN2O2/c12-6-3-8-9(11(15)16)5-14(7-1-2-7)10(8)13-4-6/h3-5,7H,1-2H2,(H,15,16). The summed E-state index contributed by atoms with van der Waals surface area (Å²) in [6, 6.07) is 2.07. The summed E-state index contributed by atoms with van der Waals surface area (Å²) < 4.78 is 1.94. The minimum absolute atomic E-state index is 0.275. The second-order valence-corrected chi connectivity index (χ2v) is 4.45. The Labute approximate surface area is 96.5 Å². The van der Waals surface area contributed by atoms with Crippen molar-refractivity contribution < 1.29 is 9.90 Å². The molecule has 4 nitrogen and oxygen atoms in total. The minimum atomic E-state index is -0.937. The van der Waals surface area contributed by atoms with Crippen LogP contribution in [0.15, 0.2) is 18.5 Å². The topological polar surface area (TPSA) is 55.1 Å². The molecular formula is C11H9ClN2O2. The van der Waals surface area contributed by atoms with Crippen molar-refractivity contribution in [2.75, 3.05) is 0 Å². The normalized spacial score (nSPS) is 15.6. The Morgan fingerprint density at radius 1 is 1.56 bits per heavy atom. The number of aromatic nitrogens is 2. The van der Waals surface area contributed by atoms with E-state index in [1.54, 1.807) is 18.5 Å². The fraction of sp³-hybridized carbons (Fsp3) is 0.273. The summed E-state index contributed by atoms with van der Waals surface area (Å²) in [6.07, 6.45) is 5.39. The third-order valence-electron chi connectivity index (χ3n) is 2.81. The van der Waals surface area contributed by atoms with Crippen LogP contribution in [0.1, 0.15) is 29.2 Å². The summed E-state index contributed by atoms with van der Waals surface area (Å²) in [4.78, 5) is 15.3. The Hall–Kier alpha value is -1.55. The van der Waals surface area contributed by atoms with Crippen LogP contribution in [0.2, 0.25) is 5.02 Å². The minimum Gasteiger partial charge on any atom is -0.478 e. The molecule has 1 aliphatic rings. The van der Waals surface area contributed by atoms with Gasteiger partial charge in [0.25, 0.3) is 0 Å². The predicted octanol–water partition coefficient (Wildman–Crippen LogP) is 2.72. The molecule has 0 spiro atoms. The molecule has 5 heteroatoms. The Bertz CT molecular complexity index is 587. The molecule has 0 atom stereocenters. The summed E-state index contributed by atoms with van der Waals surface area (Å²) in [5.41, 5.74) is 0.987. The number of carboxylic acids is 1. The average molecular weight is 237 g/mol. The van der Waals surface area contributed by atoms with Crippen molar-refractivity contribution in [1.29, 1.82) is 0 Å². The Morgan fingerprint density at radius 2 is 2.31 bits per heavy atom. The predicted molar refractivity (Wildman–Crippen MR) is 60.0 cm³/mol. The van der Waals surface area contributed by atoms with Gasteiger partial charge in [0, 0.05) is 23.8 Å². The first kappa shape index (κ1) is 9.66. The second kappa shape index (κ2) is 3.22. The van der Waals surface area contributed by atoms with Gasteiger partial charge in [-0.3, -0.25) is 0 Å². The third kappa shape index (κ3) is 1.38. The van der Waals surface area contributed by atoms with E-state index in [2.05, 4.69) is 4.98 Å². The number of nitrogens with zero attached hydrogens (tertiary/aromatic N) is 2. The first-order valence-corrected chi connectivity index (χ1v) is 5.44. The maximum absolute atomic E-state index is 11.1.